The summed E-state index contributed by atoms with van der Waals surface area (Å²) in [5.74, 6) is 0. The zero-order valence-electron chi connectivity index (χ0n) is 14.1. The van der Waals surface area contributed by atoms with Crippen LogP contribution in [-0.2, 0) is 0 Å². The van der Waals surface area contributed by atoms with Gasteiger partial charge in [-0.15, -0.1) is 0 Å². The lowest BCUT2D eigenvalue weighted by molar-refractivity contribution is -0.363. The number of halogens is 2. The molecule has 0 saturated heterocycles. The zero-order valence-corrected chi connectivity index (χ0v) is 14.1. The van der Waals surface area contributed by atoms with Gasteiger partial charge in [-0.05, 0) is 44.2 Å². The molecule has 0 aromatic carbocycles. The van der Waals surface area contributed by atoms with Gasteiger partial charge in [0.05, 0.1) is 5.57 Å². The number of hydrogen-bond acceptors (Lipinski definition) is 1. The predicted molar refractivity (Wildman–Crippen MR) is 92.2 cm³/mol. The van der Waals surface area contributed by atoms with Crippen LogP contribution in [0, 0.1) is 13.8 Å². The third kappa shape index (κ3) is 1.77. The highest BCUT2D eigenvalue weighted by Gasteiger charge is 2.55. The van der Waals surface area contributed by atoms with E-state index in [4.69, 9.17) is 0 Å². The molecular weight excluding hydrogens is 307 g/mol. The number of pyridine rings is 1. The average Bonchev–Trinajstić information content (AvgIpc) is 2.98. The summed E-state index contributed by atoms with van der Waals surface area (Å²) >= 11 is 0. The first kappa shape index (κ1) is 15.1. The van der Waals surface area contributed by atoms with Crippen molar-refractivity contribution in [2.45, 2.75) is 27.7 Å². The third-order valence-electron chi connectivity index (χ3n) is 4.88. The van der Waals surface area contributed by atoms with Gasteiger partial charge in [0.2, 0.25) is 0 Å². The van der Waals surface area contributed by atoms with Crippen LogP contribution in [0.1, 0.15) is 36.4 Å². The molecule has 0 saturated carbocycles. The standard InChI is InChI=1S/C18H18BF2N3/c1-11-8-13(3)23-17(11)16(15-6-5-7-22-10-15)18-12(2)9-14(4)24(18)19(23,20)21/h5-10H,1-4H3. The fraction of sp³-hybridized carbons (Fsp3) is 0.222. The Morgan fingerprint density at radius 3 is 2.58 bits per heavy atom. The molecule has 0 spiro atoms. The van der Waals surface area contributed by atoms with Gasteiger partial charge in [-0.3, -0.25) is 4.98 Å². The Labute approximate surface area is 139 Å². The lowest BCUT2D eigenvalue weighted by atomic mass is 9.84. The number of allylic oxidation sites excluding steroid dienone is 2. The molecule has 3 nitrogen and oxygen atoms in total. The van der Waals surface area contributed by atoms with Gasteiger partial charge in [-0.1, -0.05) is 6.07 Å². The van der Waals surface area contributed by atoms with Gasteiger partial charge in [0.15, 0.2) is 5.70 Å². The van der Waals surface area contributed by atoms with Crippen molar-refractivity contribution >= 4 is 18.3 Å². The van der Waals surface area contributed by atoms with E-state index in [2.05, 4.69) is 4.98 Å². The lowest BCUT2D eigenvalue weighted by Crippen LogP contribution is -2.51. The zero-order chi connectivity index (χ0) is 17.2. The predicted octanol–water partition coefficient (Wildman–Crippen LogP) is 3.93. The fourth-order valence-electron chi connectivity index (χ4n) is 4.08. The number of aryl methyl sites for hydroxylation is 2. The molecule has 24 heavy (non-hydrogen) atoms. The number of fused-ring (bicyclic) bond motifs is 2. The van der Waals surface area contributed by atoms with E-state index in [1.807, 2.05) is 38.1 Å². The molecule has 2 aromatic rings. The van der Waals surface area contributed by atoms with Gasteiger partial charge >= 0.3 is 6.97 Å². The molecule has 122 valence electrons. The summed E-state index contributed by atoms with van der Waals surface area (Å²) < 4.78 is 33.2. The molecule has 0 bridgehead atoms. The van der Waals surface area contributed by atoms with Gasteiger partial charge < -0.3 is 17.6 Å². The second kappa shape index (κ2) is 4.75. The lowest BCUT2D eigenvalue weighted by Gasteiger charge is -2.33. The first-order valence-electron chi connectivity index (χ1n) is 8.01. The van der Waals surface area contributed by atoms with Gasteiger partial charge in [-0.25, -0.2) is 0 Å². The van der Waals surface area contributed by atoms with Crippen molar-refractivity contribution in [2.24, 2.45) is 0 Å². The monoisotopic (exact) mass is 325 g/mol. The Kier molecular flexibility index (Phi) is 2.98. The van der Waals surface area contributed by atoms with Crippen LogP contribution in [0.3, 0.4) is 0 Å². The van der Waals surface area contributed by atoms with Crippen molar-refractivity contribution in [2.75, 3.05) is 0 Å². The maximum absolute atomic E-state index is 15.4. The third-order valence-corrected chi connectivity index (χ3v) is 4.88. The molecule has 0 atom stereocenters. The molecule has 2 aromatic heterocycles. The Morgan fingerprint density at radius 2 is 1.92 bits per heavy atom. The summed E-state index contributed by atoms with van der Waals surface area (Å²) in [5, 5.41) is 0. The molecule has 4 rings (SSSR count). The average molecular weight is 325 g/mol. The normalized spacial score (nSPS) is 18.7. The molecule has 0 aliphatic carbocycles. The van der Waals surface area contributed by atoms with Crippen molar-refractivity contribution < 1.29 is 13.1 Å². The van der Waals surface area contributed by atoms with E-state index < -0.39 is 6.97 Å². The fourth-order valence-corrected chi connectivity index (χ4v) is 4.08. The highest BCUT2D eigenvalue weighted by Crippen LogP contribution is 2.43. The summed E-state index contributed by atoms with van der Waals surface area (Å²) in [5.41, 5.74) is 5.74. The minimum Gasteiger partial charge on any atom is -0.393 e. The number of aromatic nitrogens is 2. The second-order valence-corrected chi connectivity index (χ2v) is 6.58. The maximum Gasteiger partial charge on any atom is 0.737 e. The minimum absolute atomic E-state index is 0.574. The number of rotatable bonds is 1. The van der Waals surface area contributed by atoms with Crippen molar-refractivity contribution in [1.82, 2.24) is 9.46 Å². The van der Waals surface area contributed by atoms with Gasteiger partial charge in [0.1, 0.15) is 5.71 Å². The van der Waals surface area contributed by atoms with Crippen molar-refractivity contribution in [3.63, 3.8) is 0 Å². The molecule has 6 heteroatoms. The van der Waals surface area contributed by atoms with Crippen LogP contribution in [0.25, 0.3) is 5.57 Å². The van der Waals surface area contributed by atoms with E-state index in [1.165, 1.54) is 8.96 Å². The summed E-state index contributed by atoms with van der Waals surface area (Å²) in [7, 11) is 0. The van der Waals surface area contributed by atoms with E-state index in [0.717, 1.165) is 22.3 Å². The van der Waals surface area contributed by atoms with Crippen molar-refractivity contribution in [3.8, 4) is 0 Å². The molecule has 0 fully saturated rings. The van der Waals surface area contributed by atoms with Crippen LogP contribution in [0.5, 0.6) is 0 Å². The second-order valence-electron chi connectivity index (χ2n) is 6.58. The Bertz CT molecular complexity index is 966. The summed E-state index contributed by atoms with van der Waals surface area (Å²) in [6.45, 7) is 3.35. The molecule has 0 unspecified atom stereocenters. The molecule has 0 radical (unpaired) electrons. The first-order valence-corrected chi connectivity index (χ1v) is 8.01. The smallest absolute Gasteiger partial charge is 0.393 e. The number of nitrogens with zero attached hydrogens (tertiary/aromatic N) is 3. The van der Waals surface area contributed by atoms with E-state index >= 15 is 8.63 Å². The van der Waals surface area contributed by atoms with Crippen LogP contribution in [-0.4, -0.2) is 26.6 Å². The molecule has 2 aliphatic heterocycles. The summed E-state index contributed by atoms with van der Waals surface area (Å²) in [6, 6.07) is 5.60. The quantitative estimate of drug-likeness (QED) is 0.728. The minimum atomic E-state index is -3.91. The van der Waals surface area contributed by atoms with Gasteiger partial charge in [-0.2, -0.15) is 0 Å². The van der Waals surface area contributed by atoms with E-state index in [1.54, 1.807) is 26.2 Å². The van der Waals surface area contributed by atoms with Crippen molar-refractivity contribution in [1.29, 1.82) is 0 Å². The molecule has 0 amide bonds. The highest BCUT2D eigenvalue weighted by molar-refractivity contribution is 6.58. The van der Waals surface area contributed by atoms with E-state index in [9.17, 15) is 0 Å². The maximum atomic E-state index is 15.4. The Morgan fingerprint density at radius 1 is 1.17 bits per heavy atom. The summed E-state index contributed by atoms with van der Waals surface area (Å²) in [6.07, 6.45) is 5.27. The van der Waals surface area contributed by atoms with Crippen molar-refractivity contribution in [3.05, 3.63) is 70.5 Å². The van der Waals surface area contributed by atoms with Crippen LogP contribution >= 0.6 is 0 Å². The Hall–Kier alpha value is -2.50. The van der Waals surface area contributed by atoms with Crippen LogP contribution in [0.2, 0.25) is 0 Å². The van der Waals surface area contributed by atoms with Gasteiger partial charge in [0.25, 0.3) is 0 Å². The van der Waals surface area contributed by atoms with E-state index in [-0.39, 0.29) is 0 Å². The van der Waals surface area contributed by atoms with E-state index in [0.29, 0.717) is 22.8 Å². The SMILES string of the molecule is CC1=CC(C)=[N+]2C1=C(c1cccnc1)c1c(C)cc(C)n1[B-]2(F)F. The Balaban J connectivity index is 2.20. The topological polar surface area (TPSA) is 20.8 Å². The molecular formula is C18H18BF2N3. The summed E-state index contributed by atoms with van der Waals surface area (Å²) in [4.78, 5) is 4.19. The van der Waals surface area contributed by atoms with Crippen LogP contribution < -0.4 is 0 Å². The highest BCUT2D eigenvalue weighted by atomic mass is 19.2. The molecule has 2 aliphatic rings. The van der Waals surface area contributed by atoms with Crippen LogP contribution in [0.15, 0.2) is 47.9 Å². The molecule has 0 N–H and O–H groups in total. The van der Waals surface area contributed by atoms with Gasteiger partial charge in [0, 0.05) is 42.2 Å². The first-order chi connectivity index (χ1) is 11.3. The largest absolute Gasteiger partial charge is 0.737 e. The van der Waals surface area contributed by atoms with Crippen LogP contribution in [0.4, 0.5) is 8.63 Å². The number of hydrogen-bond donors (Lipinski definition) is 0. The molecule has 4 heterocycles.